The summed E-state index contributed by atoms with van der Waals surface area (Å²) in [6.45, 7) is 3.32. The molecule has 1 aromatic rings. The molecule has 0 saturated heterocycles. The van der Waals surface area contributed by atoms with Gasteiger partial charge >= 0.3 is 5.97 Å². The van der Waals surface area contributed by atoms with Crippen LogP contribution < -0.4 is 0 Å². The highest BCUT2D eigenvalue weighted by Crippen LogP contribution is 2.23. The van der Waals surface area contributed by atoms with Gasteiger partial charge in [-0.2, -0.15) is 0 Å². The lowest BCUT2D eigenvalue weighted by Gasteiger charge is -2.08. The fourth-order valence-corrected chi connectivity index (χ4v) is 1.26. The second-order valence-corrected chi connectivity index (χ2v) is 3.29. The zero-order chi connectivity index (χ0) is 12.3. The van der Waals surface area contributed by atoms with Crippen molar-refractivity contribution < 1.29 is 23.8 Å². The first-order valence-electron chi connectivity index (χ1n) is 4.48. The van der Waals surface area contributed by atoms with E-state index in [1.807, 2.05) is 0 Å². The summed E-state index contributed by atoms with van der Waals surface area (Å²) < 4.78 is 25.9. The van der Waals surface area contributed by atoms with Crippen LogP contribution in [0.1, 0.15) is 5.56 Å². The van der Waals surface area contributed by atoms with Crippen molar-refractivity contribution in [1.82, 2.24) is 0 Å². The molecule has 0 saturated carbocycles. The molecule has 16 heavy (non-hydrogen) atoms. The third-order valence-corrected chi connectivity index (χ3v) is 2.13. The van der Waals surface area contributed by atoms with Crippen molar-refractivity contribution in [2.45, 2.75) is 6.42 Å². The quantitative estimate of drug-likeness (QED) is 0.776. The molecule has 1 rings (SSSR count). The predicted molar refractivity (Wildman–Crippen MR) is 53.0 cm³/mol. The normalized spacial score (nSPS) is 12.1. The summed E-state index contributed by atoms with van der Waals surface area (Å²) in [5.41, 5.74) is 0.153. The Kier molecular flexibility index (Phi) is 3.60. The molecule has 3 nitrogen and oxygen atoms in total. The van der Waals surface area contributed by atoms with Gasteiger partial charge in [0.1, 0.15) is 0 Å². The van der Waals surface area contributed by atoms with Gasteiger partial charge in [-0.3, -0.25) is 4.79 Å². The highest BCUT2D eigenvalue weighted by atomic mass is 19.1. The second kappa shape index (κ2) is 4.74. The number of hydrogen-bond acceptors (Lipinski definition) is 2. The average Bonchev–Trinajstić information content (AvgIpc) is 2.21. The molecular weight excluding hydrogens is 218 g/mol. The smallest absolute Gasteiger partial charge is 0.310 e. The van der Waals surface area contributed by atoms with E-state index in [-0.39, 0.29) is 12.0 Å². The first-order chi connectivity index (χ1) is 7.45. The Hall–Kier alpha value is -1.91. The highest BCUT2D eigenvalue weighted by Gasteiger charge is 2.16. The molecule has 5 heteroatoms. The van der Waals surface area contributed by atoms with E-state index in [0.717, 1.165) is 12.1 Å². The van der Waals surface area contributed by atoms with Gasteiger partial charge in [-0.25, -0.2) is 8.78 Å². The van der Waals surface area contributed by atoms with Crippen molar-refractivity contribution in [2.75, 3.05) is 0 Å². The maximum Gasteiger partial charge on any atom is 0.310 e. The van der Waals surface area contributed by atoms with E-state index in [2.05, 4.69) is 6.58 Å². The molecule has 0 aromatic heterocycles. The number of aliphatic carboxylic acids is 1. The van der Waals surface area contributed by atoms with Crippen LogP contribution in [0.4, 0.5) is 8.78 Å². The van der Waals surface area contributed by atoms with Gasteiger partial charge in [-0.05, 0) is 24.1 Å². The molecule has 0 radical (unpaired) electrons. The van der Waals surface area contributed by atoms with E-state index in [4.69, 9.17) is 10.2 Å². The predicted octanol–water partition coefficient (Wildman–Crippen LogP) is 2.10. The average molecular weight is 228 g/mol. The zero-order valence-electron chi connectivity index (χ0n) is 8.28. The second-order valence-electron chi connectivity index (χ2n) is 3.29. The summed E-state index contributed by atoms with van der Waals surface area (Å²) >= 11 is 0. The van der Waals surface area contributed by atoms with Crippen LogP contribution in [0.15, 0.2) is 24.8 Å². The Bertz CT molecular complexity index is 406. The van der Waals surface area contributed by atoms with E-state index < -0.39 is 29.3 Å². The molecule has 0 amide bonds. The van der Waals surface area contributed by atoms with Gasteiger partial charge in [0.15, 0.2) is 17.4 Å². The number of benzene rings is 1. The van der Waals surface area contributed by atoms with Crippen LogP contribution in [-0.2, 0) is 11.2 Å². The Balaban J connectivity index is 2.98. The number of phenols is 1. The number of rotatable bonds is 4. The van der Waals surface area contributed by atoms with Crippen molar-refractivity contribution >= 4 is 5.97 Å². The van der Waals surface area contributed by atoms with E-state index >= 15 is 0 Å². The van der Waals surface area contributed by atoms with E-state index in [1.54, 1.807) is 0 Å². The monoisotopic (exact) mass is 228 g/mol. The third-order valence-electron chi connectivity index (χ3n) is 2.13. The molecule has 0 bridgehead atoms. The van der Waals surface area contributed by atoms with Crippen molar-refractivity contribution in [3.63, 3.8) is 0 Å². The number of aromatic hydroxyl groups is 1. The van der Waals surface area contributed by atoms with Gasteiger partial charge in [0.05, 0.1) is 5.92 Å². The van der Waals surface area contributed by atoms with E-state index in [1.165, 1.54) is 6.08 Å². The number of halogens is 2. The SMILES string of the molecule is C=CC(Cc1cc(F)c(O)c(F)c1)C(=O)O. The largest absolute Gasteiger partial charge is 0.503 e. The lowest BCUT2D eigenvalue weighted by molar-refractivity contribution is -0.140. The standard InChI is InChI=1S/C11H10F2O3/c1-2-7(11(15)16)3-6-4-8(12)10(14)9(13)5-6/h2,4-5,7,14H,1,3H2,(H,15,16). The molecule has 0 spiro atoms. The third kappa shape index (κ3) is 2.56. The summed E-state index contributed by atoms with van der Waals surface area (Å²) in [6.07, 6.45) is 1.11. The molecular formula is C11H10F2O3. The molecule has 0 aliphatic carbocycles. The molecule has 86 valence electrons. The Morgan fingerprint density at radius 3 is 2.31 bits per heavy atom. The Morgan fingerprint density at radius 1 is 1.44 bits per heavy atom. The Labute approximate surface area is 90.6 Å². The number of carboxylic acid groups (broad SMARTS) is 1. The maximum atomic E-state index is 12.9. The summed E-state index contributed by atoms with van der Waals surface area (Å²) in [7, 11) is 0. The first-order valence-corrected chi connectivity index (χ1v) is 4.48. The minimum absolute atomic E-state index is 0.0764. The van der Waals surface area contributed by atoms with Gasteiger partial charge < -0.3 is 10.2 Å². The molecule has 0 fully saturated rings. The summed E-state index contributed by atoms with van der Waals surface area (Å²) in [5, 5.41) is 17.6. The van der Waals surface area contributed by atoms with Crippen LogP contribution >= 0.6 is 0 Å². The van der Waals surface area contributed by atoms with Crippen LogP contribution in [0.3, 0.4) is 0 Å². The van der Waals surface area contributed by atoms with Gasteiger partial charge in [0.25, 0.3) is 0 Å². The molecule has 1 aromatic carbocycles. The molecule has 2 N–H and O–H groups in total. The van der Waals surface area contributed by atoms with Crippen LogP contribution in [0.25, 0.3) is 0 Å². The first kappa shape index (κ1) is 12.2. The minimum Gasteiger partial charge on any atom is -0.503 e. The van der Waals surface area contributed by atoms with E-state index in [9.17, 15) is 13.6 Å². The Morgan fingerprint density at radius 2 is 1.94 bits per heavy atom. The van der Waals surface area contributed by atoms with Crippen molar-refractivity contribution in [3.8, 4) is 5.75 Å². The fourth-order valence-electron chi connectivity index (χ4n) is 1.26. The number of carboxylic acids is 1. The van der Waals surface area contributed by atoms with Crippen LogP contribution in [0.5, 0.6) is 5.75 Å². The zero-order valence-corrected chi connectivity index (χ0v) is 8.28. The molecule has 0 aliphatic rings. The van der Waals surface area contributed by atoms with Crippen LogP contribution in [0, 0.1) is 17.6 Å². The van der Waals surface area contributed by atoms with Crippen LogP contribution in [-0.4, -0.2) is 16.2 Å². The number of hydrogen-bond donors (Lipinski definition) is 2. The van der Waals surface area contributed by atoms with Gasteiger partial charge in [0.2, 0.25) is 0 Å². The fraction of sp³-hybridized carbons (Fsp3) is 0.182. The molecule has 0 heterocycles. The van der Waals surface area contributed by atoms with E-state index in [0.29, 0.717) is 0 Å². The summed E-state index contributed by atoms with van der Waals surface area (Å²) in [5.74, 6) is -5.31. The van der Waals surface area contributed by atoms with Gasteiger partial charge in [-0.15, -0.1) is 6.58 Å². The molecule has 0 aliphatic heterocycles. The van der Waals surface area contributed by atoms with Crippen LogP contribution in [0.2, 0.25) is 0 Å². The molecule has 1 atom stereocenters. The minimum atomic E-state index is -1.12. The van der Waals surface area contributed by atoms with Gasteiger partial charge in [0, 0.05) is 0 Å². The van der Waals surface area contributed by atoms with Gasteiger partial charge in [-0.1, -0.05) is 6.08 Å². The highest BCUT2D eigenvalue weighted by molar-refractivity contribution is 5.72. The topological polar surface area (TPSA) is 57.5 Å². The van der Waals surface area contributed by atoms with Crippen molar-refractivity contribution in [1.29, 1.82) is 0 Å². The number of carbonyl (C=O) groups is 1. The van der Waals surface area contributed by atoms with Crippen molar-refractivity contribution in [2.24, 2.45) is 5.92 Å². The lowest BCUT2D eigenvalue weighted by atomic mass is 9.99. The molecule has 1 unspecified atom stereocenters. The lowest BCUT2D eigenvalue weighted by Crippen LogP contribution is -2.13. The maximum absolute atomic E-state index is 12.9. The summed E-state index contributed by atoms with van der Waals surface area (Å²) in [6, 6.07) is 1.80. The number of phenolic OH excluding ortho intramolecular Hbond substituents is 1. The summed E-state index contributed by atoms with van der Waals surface area (Å²) in [4.78, 5) is 10.7. The van der Waals surface area contributed by atoms with Crippen molar-refractivity contribution in [3.05, 3.63) is 42.0 Å².